The number of benzene rings is 2. The molecule has 3 atom stereocenters. The molecule has 1 aromatic heterocycles. The fourth-order valence-corrected chi connectivity index (χ4v) is 7.87. The quantitative estimate of drug-likeness (QED) is 0.0527. The molecule has 0 saturated carbocycles. The largest absolute Gasteiger partial charge is 0.507 e. The van der Waals surface area contributed by atoms with Crippen LogP contribution in [0, 0.1) is 0 Å². The van der Waals surface area contributed by atoms with Gasteiger partial charge in [-0.05, 0) is 62.1 Å². The molecule has 316 valence electrons. The number of pyridine rings is 1. The number of imide groups is 2. The maximum absolute atomic E-state index is 13.2. The van der Waals surface area contributed by atoms with Gasteiger partial charge in [-0.1, -0.05) is 18.2 Å². The highest BCUT2D eigenvalue weighted by molar-refractivity contribution is 6.25. The Bertz CT molecular complexity index is 2110. The molecule has 60 heavy (non-hydrogen) atoms. The zero-order valence-electron chi connectivity index (χ0n) is 33.2. The lowest BCUT2D eigenvalue weighted by Gasteiger charge is -2.34. The summed E-state index contributed by atoms with van der Waals surface area (Å²) in [6.07, 6.45) is 7.32. The highest BCUT2D eigenvalue weighted by Gasteiger charge is 2.46. The predicted octanol–water partition coefficient (Wildman–Crippen LogP) is 2.52. The van der Waals surface area contributed by atoms with Crippen molar-refractivity contribution < 1.29 is 48.1 Å². The van der Waals surface area contributed by atoms with E-state index in [9.17, 15) is 33.9 Å². The van der Waals surface area contributed by atoms with Gasteiger partial charge in [-0.2, -0.15) is 0 Å². The average molecular weight is 824 g/mol. The summed E-state index contributed by atoms with van der Waals surface area (Å²) in [6.45, 7) is 5.01. The number of nitrogens with one attached hydrogen (secondary N) is 3. The molecule has 3 fully saturated rings. The molecule has 5 heterocycles. The average Bonchev–Trinajstić information content (AvgIpc) is 3.93. The highest BCUT2D eigenvalue weighted by atomic mass is 16.5. The second-order valence-corrected chi connectivity index (χ2v) is 14.9. The standard InChI is InChI=1S/C43H49N7O10/c51-35-9-2-1-6-31(35)36(52)14-17-48-26-30-24-29(48)27-49(30)37-12-10-28(25-46-37)40(54)45-16-5-19-59-21-23-60-22-20-58-18-4-15-44-33-8-3-7-32-39(33)43(57)50(42(32)56)34-11-13-38(53)47-41(34)55/h1-3,6-10,12,14,17,25,29-30,34,44,51H,4-5,11,13,15-16,18-24,26-27H2,(H,45,54)(H,47,53,55)/b17-14+/t29-,30-,34?/m1/s1. The fraction of sp³-hybridized carbons (Fsp3) is 0.419. The number of aromatic nitrogens is 1. The molecule has 0 aliphatic carbocycles. The van der Waals surface area contributed by atoms with Crippen LogP contribution >= 0.6 is 0 Å². The number of amides is 5. The monoisotopic (exact) mass is 823 g/mol. The van der Waals surface area contributed by atoms with Crippen LogP contribution in [-0.4, -0.2) is 139 Å². The number of ketones is 1. The number of anilines is 2. The van der Waals surface area contributed by atoms with Crippen LogP contribution in [0.2, 0.25) is 0 Å². The number of carbonyl (C=O) groups is 6. The maximum atomic E-state index is 13.2. The first kappa shape index (κ1) is 42.0. The number of aromatic hydroxyl groups is 1. The molecule has 4 aliphatic rings. The zero-order valence-corrected chi connectivity index (χ0v) is 33.2. The normalized spacial score (nSPS) is 19.7. The van der Waals surface area contributed by atoms with Crippen molar-refractivity contribution in [2.75, 3.05) is 76.0 Å². The van der Waals surface area contributed by atoms with E-state index in [1.165, 1.54) is 12.1 Å². The number of piperazine rings is 1. The first-order valence-corrected chi connectivity index (χ1v) is 20.3. The molecule has 2 bridgehead atoms. The van der Waals surface area contributed by atoms with E-state index in [1.807, 2.05) is 12.3 Å². The molecule has 5 amide bonds. The molecule has 7 rings (SSSR count). The van der Waals surface area contributed by atoms with E-state index in [4.69, 9.17) is 14.2 Å². The van der Waals surface area contributed by atoms with Crippen LogP contribution in [0.3, 0.4) is 0 Å². The lowest BCUT2D eigenvalue weighted by Crippen LogP contribution is -2.54. The van der Waals surface area contributed by atoms with Gasteiger partial charge >= 0.3 is 0 Å². The van der Waals surface area contributed by atoms with E-state index >= 15 is 0 Å². The fourth-order valence-electron chi connectivity index (χ4n) is 7.87. The van der Waals surface area contributed by atoms with Gasteiger partial charge in [0, 0.05) is 82.1 Å². The third-order valence-corrected chi connectivity index (χ3v) is 10.9. The number of fused-ring (bicyclic) bond motifs is 3. The molecule has 2 aromatic carbocycles. The van der Waals surface area contributed by atoms with Crippen LogP contribution in [0.1, 0.15) is 73.5 Å². The Morgan fingerprint density at radius 2 is 1.60 bits per heavy atom. The summed E-state index contributed by atoms with van der Waals surface area (Å²) in [7, 11) is 0. The second-order valence-electron chi connectivity index (χ2n) is 14.9. The number of likely N-dealkylation sites (tertiary alicyclic amines) is 1. The van der Waals surface area contributed by atoms with Crippen molar-refractivity contribution in [3.63, 3.8) is 0 Å². The molecular weight excluding hydrogens is 775 g/mol. The Balaban J connectivity index is 0.692. The molecule has 1 unspecified atom stereocenters. The van der Waals surface area contributed by atoms with E-state index in [-0.39, 0.29) is 59.1 Å². The van der Waals surface area contributed by atoms with Gasteiger partial charge in [0.1, 0.15) is 17.6 Å². The number of hydrogen-bond acceptors (Lipinski definition) is 14. The number of ether oxygens (including phenoxy) is 3. The number of allylic oxidation sites excluding steroid dienone is 1. The molecule has 3 aromatic rings. The topological polar surface area (TPSA) is 209 Å². The summed E-state index contributed by atoms with van der Waals surface area (Å²) in [5.74, 6) is -1.81. The third-order valence-electron chi connectivity index (χ3n) is 10.9. The van der Waals surface area contributed by atoms with Crippen molar-refractivity contribution in [1.29, 1.82) is 0 Å². The maximum Gasteiger partial charge on any atom is 0.264 e. The number of nitrogens with zero attached hydrogens (tertiary/aromatic N) is 4. The van der Waals surface area contributed by atoms with Gasteiger partial charge in [0.05, 0.1) is 48.7 Å². The Kier molecular flexibility index (Phi) is 13.8. The number of phenolic OH excluding ortho intramolecular Hbond substituents is 1. The van der Waals surface area contributed by atoms with Gasteiger partial charge in [0.25, 0.3) is 17.7 Å². The zero-order chi connectivity index (χ0) is 42.0. The van der Waals surface area contributed by atoms with Crippen LogP contribution < -0.4 is 20.9 Å². The summed E-state index contributed by atoms with van der Waals surface area (Å²) >= 11 is 0. The first-order chi connectivity index (χ1) is 29.2. The van der Waals surface area contributed by atoms with Crippen molar-refractivity contribution in [1.82, 2.24) is 25.4 Å². The van der Waals surface area contributed by atoms with Crippen molar-refractivity contribution >= 4 is 46.8 Å². The van der Waals surface area contributed by atoms with Gasteiger partial charge in [-0.25, -0.2) is 4.98 Å². The van der Waals surface area contributed by atoms with Crippen molar-refractivity contribution in [2.45, 2.75) is 50.2 Å². The van der Waals surface area contributed by atoms with E-state index in [1.54, 1.807) is 48.7 Å². The summed E-state index contributed by atoms with van der Waals surface area (Å²) in [6, 6.07) is 14.6. The highest BCUT2D eigenvalue weighted by Crippen LogP contribution is 2.35. The lowest BCUT2D eigenvalue weighted by atomic mass is 10.0. The van der Waals surface area contributed by atoms with E-state index in [0.29, 0.717) is 76.8 Å². The Labute approximate surface area is 347 Å². The molecule has 3 saturated heterocycles. The van der Waals surface area contributed by atoms with Crippen LogP contribution in [0.4, 0.5) is 11.5 Å². The third kappa shape index (κ3) is 9.81. The Hall–Kier alpha value is -6.17. The minimum Gasteiger partial charge on any atom is -0.507 e. The Morgan fingerprint density at radius 3 is 2.30 bits per heavy atom. The SMILES string of the molecule is O=C1CCC(N2C(=O)c3cccc(NCCCOCCOCCOCCCNC(=O)c4ccc(N5C[C@H]6C[C@@H]5CN6/C=C/C(=O)c5ccccc5O)nc4)c3C2=O)C(=O)N1. The molecule has 0 radical (unpaired) electrons. The van der Waals surface area contributed by atoms with E-state index in [2.05, 4.69) is 30.7 Å². The molecule has 17 nitrogen and oxygen atoms in total. The number of hydrogen-bond donors (Lipinski definition) is 4. The van der Waals surface area contributed by atoms with Crippen LogP contribution in [0.25, 0.3) is 0 Å². The first-order valence-electron chi connectivity index (χ1n) is 20.3. The van der Waals surface area contributed by atoms with E-state index < -0.39 is 29.7 Å². The molecule has 4 aliphatic heterocycles. The smallest absolute Gasteiger partial charge is 0.264 e. The molecular formula is C43H49N7O10. The summed E-state index contributed by atoms with van der Waals surface area (Å²) in [5, 5.41) is 18.3. The van der Waals surface area contributed by atoms with Crippen molar-refractivity contribution in [2.24, 2.45) is 0 Å². The van der Waals surface area contributed by atoms with Gasteiger partial charge in [-0.3, -0.25) is 39.0 Å². The van der Waals surface area contributed by atoms with Gasteiger partial charge in [-0.15, -0.1) is 0 Å². The van der Waals surface area contributed by atoms with Crippen LogP contribution in [0.15, 0.2) is 73.1 Å². The van der Waals surface area contributed by atoms with Crippen molar-refractivity contribution in [3.8, 4) is 5.75 Å². The minimum atomic E-state index is -1.01. The summed E-state index contributed by atoms with van der Waals surface area (Å²) < 4.78 is 16.8. The molecule has 0 spiro atoms. The van der Waals surface area contributed by atoms with Crippen molar-refractivity contribution in [3.05, 3.63) is 95.3 Å². The second kappa shape index (κ2) is 19.7. The molecule has 4 N–H and O–H groups in total. The van der Waals surface area contributed by atoms with Gasteiger partial charge < -0.3 is 39.8 Å². The number of phenols is 1. The van der Waals surface area contributed by atoms with Crippen LogP contribution in [0.5, 0.6) is 5.75 Å². The Morgan fingerprint density at radius 1 is 0.850 bits per heavy atom. The number of carbonyl (C=O) groups excluding carboxylic acids is 6. The lowest BCUT2D eigenvalue weighted by molar-refractivity contribution is -0.136. The predicted molar refractivity (Wildman–Crippen MR) is 218 cm³/mol. The van der Waals surface area contributed by atoms with Gasteiger partial charge in [0.15, 0.2) is 5.78 Å². The van der Waals surface area contributed by atoms with Crippen LogP contribution in [-0.2, 0) is 23.8 Å². The molecule has 17 heteroatoms. The summed E-state index contributed by atoms with van der Waals surface area (Å²) in [5.41, 5.74) is 1.72. The van der Waals surface area contributed by atoms with Gasteiger partial charge in [0.2, 0.25) is 11.8 Å². The summed E-state index contributed by atoms with van der Waals surface area (Å²) in [4.78, 5) is 85.2. The number of piperidine rings is 1. The minimum absolute atomic E-state index is 0.0286. The number of rotatable bonds is 21. The number of para-hydroxylation sites is 1. The van der Waals surface area contributed by atoms with E-state index in [0.717, 1.165) is 30.2 Å².